The third kappa shape index (κ3) is 3.02. The van der Waals surface area contributed by atoms with Crippen molar-refractivity contribution in [3.8, 4) is 0 Å². The zero-order valence-electron chi connectivity index (χ0n) is 11.9. The maximum absolute atomic E-state index is 6.15. The number of rotatable bonds is 4. The highest BCUT2D eigenvalue weighted by atomic mass is 127. The van der Waals surface area contributed by atoms with Gasteiger partial charge in [-0.25, -0.2) is 4.98 Å². The zero-order chi connectivity index (χ0) is 14.2. The summed E-state index contributed by atoms with van der Waals surface area (Å²) in [6.45, 7) is 5.41. The molecule has 2 rings (SSSR count). The van der Waals surface area contributed by atoms with Crippen LogP contribution in [0.3, 0.4) is 0 Å². The van der Waals surface area contributed by atoms with Crippen LogP contribution >= 0.6 is 22.6 Å². The molecular formula is C14H21IN4. The summed E-state index contributed by atoms with van der Waals surface area (Å²) < 4.78 is 3.36. The first kappa shape index (κ1) is 14.6. The van der Waals surface area contributed by atoms with Crippen LogP contribution in [-0.2, 0) is 0 Å². The van der Waals surface area contributed by atoms with Crippen LogP contribution in [-0.4, -0.2) is 35.1 Å². The Balaban J connectivity index is 2.55. The second-order valence-corrected chi connectivity index (χ2v) is 6.79. The molecule has 0 spiro atoms. The molecule has 0 aliphatic carbocycles. The Hall–Kier alpha value is -0.820. The number of aromatic nitrogens is 2. The first-order valence-electron chi connectivity index (χ1n) is 6.48. The molecule has 0 amide bonds. The number of benzene rings is 1. The molecule has 1 atom stereocenters. The number of hydrogen-bond acceptors (Lipinski definition) is 3. The number of imidazole rings is 1. The Labute approximate surface area is 128 Å². The fourth-order valence-corrected chi connectivity index (χ4v) is 2.88. The Kier molecular flexibility index (Phi) is 4.35. The Morgan fingerprint density at radius 2 is 2.05 bits per heavy atom. The molecule has 0 aliphatic rings. The Morgan fingerprint density at radius 3 is 2.63 bits per heavy atom. The molecule has 0 aliphatic heterocycles. The maximum atomic E-state index is 6.15. The number of fused-ring (bicyclic) bond motifs is 1. The van der Waals surface area contributed by atoms with Gasteiger partial charge in [-0.05, 0) is 60.8 Å². The number of halogens is 1. The number of likely N-dealkylation sites (N-methyl/N-ethyl adjacent to an activating group) is 1. The van der Waals surface area contributed by atoms with Crippen LogP contribution in [0.5, 0.6) is 0 Å². The molecule has 0 bridgehead atoms. The van der Waals surface area contributed by atoms with Crippen LogP contribution in [0.2, 0.25) is 0 Å². The van der Waals surface area contributed by atoms with E-state index in [-0.39, 0.29) is 0 Å². The molecule has 0 saturated carbocycles. The van der Waals surface area contributed by atoms with Crippen LogP contribution in [0.25, 0.3) is 11.0 Å². The lowest BCUT2D eigenvalue weighted by Crippen LogP contribution is -2.28. The summed E-state index contributed by atoms with van der Waals surface area (Å²) in [6.07, 6.45) is 0. The number of nitrogens with zero attached hydrogens (tertiary/aromatic N) is 3. The van der Waals surface area contributed by atoms with Crippen LogP contribution in [0.1, 0.15) is 19.9 Å². The van der Waals surface area contributed by atoms with E-state index < -0.39 is 0 Å². The Bertz CT molecular complexity index is 574. The van der Waals surface area contributed by atoms with Gasteiger partial charge in [0.2, 0.25) is 5.95 Å². The quantitative estimate of drug-likeness (QED) is 0.840. The van der Waals surface area contributed by atoms with Gasteiger partial charge in [0.15, 0.2) is 0 Å². The van der Waals surface area contributed by atoms with Gasteiger partial charge in [0, 0.05) is 10.1 Å². The van der Waals surface area contributed by atoms with Gasteiger partial charge in [0.05, 0.1) is 17.1 Å². The van der Waals surface area contributed by atoms with Crippen LogP contribution < -0.4 is 5.73 Å². The average molecular weight is 372 g/mol. The van der Waals surface area contributed by atoms with E-state index in [2.05, 4.69) is 83.2 Å². The highest BCUT2D eigenvalue weighted by molar-refractivity contribution is 14.1. The summed E-state index contributed by atoms with van der Waals surface area (Å²) in [4.78, 5) is 6.70. The lowest BCUT2D eigenvalue weighted by Gasteiger charge is -2.27. The van der Waals surface area contributed by atoms with Gasteiger partial charge in [0.1, 0.15) is 0 Å². The summed E-state index contributed by atoms with van der Waals surface area (Å²) in [5.41, 5.74) is 8.25. The molecule has 5 heteroatoms. The van der Waals surface area contributed by atoms with E-state index in [1.807, 2.05) is 0 Å². The molecule has 4 nitrogen and oxygen atoms in total. The monoisotopic (exact) mass is 372 g/mol. The van der Waals surface area contributed by atoms with Crippen molar-refractivity contribution in [3.63, 3.8) is 0 Å². The van der Waals surface area contributed by atoms with Crippen molar-refractivity contribution in [1.29, 1.82) is 0 Å². The van der Waals surface area contributed by atoms with Gasteiger partial charge >= 0.3 is 0 Å². The predicted octanol–water partition coefficient (Wildman–Crippen LogP) is 2.98. The van der Waals surface area contributed by atoms with Crippen molar-refractivity contribution >= 4 is 39.6 Å². The number of anilines is 1. The molecule has 1 unspecified atom stereocenters. The van der Waals surface area contributed by atoms with Gasteiger partial charge in [-0.2, -0.15) is 0 Å². The van der Waals surface area contributed by atoms with E-state index in [0.29, 0.717) is 17.9 Å². The first-order valence-corrected chi connectivity index (χ1v) is 7.55. The topological polar surface area (TPSA) is 47.1 Å². The van der Waals surface area contributed by atoms with E-state index in [4.69, 9.17) is 5.73 Å². The van der Waals surface area contributed by atoms with Gasteiger partial charge in [-0.3, -0.25) is 0 Å². The van der Waals surface area contributed by atoms with Crippen molar-refractivity contribution in [3.05, 3.63) is 21.8 Å². The van der Waals surface area contributed by atoms with E-state index in [1.165, 1.54) is 3.57 Å². The van der Waals surface area contributed by atoms with E-state index in [0.717, 1.165) is 17.6 Å². The highest BCUT2D eigenvalue weighted by Crippen LogP contribution is 2.28. The smallest absolute Gasteiger partial charge is 0.201 e. The Morgan fingerprint density at radius 1 is 1.37 bits per heavy atom. The zero-order valence-corrected chi connectivity index (χ0v) is 14.0. The normalized spacial score (nSPS) is 13.6. The fraction of sp³-hybridized carbons (Fsp3) is 0.500. The summed E-state index contributed by atoms with van der Waals surface area (Å²) in [5, 5.41) is 0. The van der Waals surface area contributed by atoms with E-state index in [1.54, 1.807) is 0 Å². The molecule has 19 heavy (non-hydrogen) atoms. The number of nitrogens with two attached hydrogens (primary N) is 1. The van der Waals surface area contributed by atoms with Crippen LogP contribution in [0, 0.1) is 9.49 Å². The van der Waals surface area contributed by atoms with Gasteiger partial charge < -0.3 is 15.2 Å². The van der Waals surface area contributed by atoms with Crippen molar-refractivity contribution in [2.24, 2.45) is 5.92 Å². The average Bonchev–Trinajstić information content (AvgIpc) is 2.60. The predicted molar refractivity (Wildman–Crippen MR) is 89.3 cm³/mol. The number of nitrogen functional groups attached to an aromatic ring is 1. The van der Waals surface area contributed by atoms with E-state index >= 15 is 0 Å². The third-order valence-corrected chi connectivity index (χ3v) is 4.00. The minimum atomic E-state index is 0.333. The summed E-state index contributed by atoms with van der Waals surface area (Å²) in [6, 6.07) is 6.63. The molecule has 104 valence electrons. The SMILES string of the molecule is CC(C)C(CN(C)C)n1c(N)nc2cc(I)ccc21. The van der Waals surface area contributed by atoms with Crippen molar-refractivity contribution in [2.75, 3.05) is 26.4 Å². The molecule has 1 aromatic carbocycles. The summed E-state index contributed by atoms with van der Waals surface area (Å²) in [5.74, 6) is 1.11. The standard InChI is InChI=1S/C14H21IN4/c1-9(2)13(8-18(3)4)19-12-6-5-10(15)7-11(12)17-14(19)16/h5-7,9,13H,8H2,1-4H3,(H2,16,17). The number of hydrogen-bond donors (Lipinski definition) is 1. The molecular weight excluding hydrogens is 351 g/mol. The van der Waals surface area contributed by atoms with Gasteiger partial charge in [0.25, 0.3) is 0 Å². The minimum Gasteiger partial charge on any atom is -0.369 e. The molecule has 1 aromatic heterocycles. The molecule has 1 heterocycles. The largest absolute Gasteiger partial charge is 0.369 e. The van der Waals surface area contributed by atoms with Gasteiger partial charge in [-0.15, -0.1) is 0 Å². The molecule has 0 saturated heterocycles. The maximum Gasteiger partial charge on any atom is 0.201 e. The van der Waals surface area contributed by atoms with Crippen molar-refractivity contribution in [2.45, 2.75) is 19.9 Å². The van der Waals surface area contributed by atoms with Crippen molar-refractivity contribution in [1.82, 2.24) is 14.5 Å². The van der Waals surface area contributed by atoms with E-state index in [9.17, 15) is 0 Å². The first-order chi connectivity index (χ1) is 8.90. The lowest BCUT2D eigenvalue weighted by atomic mass is 10.0. The summed E-state index contributed by atoms with van der Waals surface area (Å²) in [7, 11) is 4.18. The third-order valence-electron chi connectivity index (χ3n) is 3.33. The second kappa shape index (κ2) is 5.66. The molecule has 0 fully saturated rings. The van der Waals surface area contributed by atoms with Crippen LogP contribution in [0.4, 0.5) is 5.95 Å². The minimum absolute atomic E-state index is 0.333. The van der Waals surface area contributed by atoms with Gasteiger partial charge in [-0.1, -0.05) is 13.8 Å². The van der Waals surface area contributed by atoms with Crippen molar-refractivity contribution < 1.29 is 0 Å². The molecule has 0 radical (unpaired) electrons. The fourth-order valence-electron chi connectivity index (χ4n) is 2.40. The highest BCUT2D eigenvalue weighted by Gasteiger charge is 2.21. The molecule has 2 aromatic rings. The second-order valence-electron chi connectivity index (χ2n) is 5.55. The lowest BCUT2D eigenvalue weighted by molar-refractivity contribution is 0.275. The summed E-state index contributed by atoms with van der Waals surface area (Å²) >= 11 is 2.30. The van der Waals surface area contributed by atoms with Crippen LogP contribution in [0.15, 0.2) is 18.2 Å². The molecule has 2 N–H and O–H groups in total.